The number of benzene rings is 3. The number of rotatable bonds is 8. The number of hydrogen-bond donors (Lipinski definition) is 0. The molecule has 0 spiro atoms. The van der Waals surface area contributed by atoms with Gasteiger partial charge >= 0.3 is 5.69 Å². The minimum atomic E-state index is -0.292. The van der Waals surface area contributed by atoms with Crippen LogP contribution in [0.25, 0.3) is 11.0 Å². The molecule has 5 aromatic rings. The molecule has 6 heteroatoms. The second-order valence-electron chi connectivity index (χ2n) is 8.67. The minimum Gasteiger partial charge on any atom is -0.292 e. The van der Waals surface area contributed by atoms with E-state index in [2.05, 4.69) is 4.98 Å². The van der Waals surface area contributed by atoms with Gasteiger partial charge in [0, 0.05) is 24.9 Å². The van der Waals surface area contributed by atoms with Crippen molar-refractivity contribution in [1.82, 2.24) is 14.1 Å². The van der Waals surface area contributed by atoms with Crippen LogP contribution < -0.4 is 5.69 Å². The van der Waals surface area contributed by atoms with Crippen molar-refractivity contribution in [2.24, 2.45) is 0 Å². The van der Waals surface area contributed by atoms with Gasteiger partial charge in [-0.1, -0.05) is 42.5 Å². The smallest absolute Gasteiger partial charge is 0.292 e. The first kappa shape index (κ1) is 22.7. The summed E-state index contributed by atoms with van der Waals surface area (Å²) in [6, 6.07) is 24.5. The molecule has 0 N–H and O–H groups in total. The lowest BCUT2D eigenvalue weighted by Crippen LogP contribution is -2.25. The van der Waals surface area contributed by atoms with Crippen LogP contribution in [-0.2, 0) is 13.1 Å². The van der Waals surface area contributed by atoms with Gasteiger partial charge in [-0.3, -0.25) is 14.1 Å². The van der Waals surface area contributed by atoms with Gasteiger partial charge in [-0.2, -0.15) is 0 Å². The molecular formula is C29H25F2N3O. The Morgan fingerprint density at radius 2 is 1.34 bits per heavy atom. The van der Waals surface area contributed by atoms with Gasteiger partial charge in [-0.05, 0) is 72.0 Å². The second kappa shape index (κ2) is 10.1. The first-order valence-electron chi connectivity index (χ1n) is 11.7. The summed E-state index contributed by atoms with van der Waals surface area (Å²) in [6.45, 7) is 0.992. The molecule has 35 heavy (non-hydrogen) atoms. The summed E-state index contributed by atoms with van der Waals surface area (Å²) in [4.78, 5) is 17.6. The molecule has 5 rings (SSSR count). The third-order valence-corrected chi connectivity index (χ3v) is 6.41. The van der Waals surface area contributed by atoms with Crippen molar-refractivity contribution in [3.8, 4) is 0 Å². The fourth-order valence-corrected chi connectivity index (χ4v) is 4.69. The molecule has 0 unspecified atom stereocenters. The van der Waals surface area contributed by atoms with Crippen LogP contribution in [0.3, 0.4) is 0 Å². The van der Waals surface area contributed by atoms with Crippen LogP contribution in [0.5, 0.6) is 0 Å². The summed E-state index contributed by atoms with van der Waals surface area (Å²) in [7, 11) is 0. The van der Waals surface area contributed by atoms with E-state index in [1.807, 2.05) is 41.0 Å². The Hall–Kier alpha value is -4.06. The molecule has 0 fully saturated rings. The van der Waals surface area contributed by atoms with Crippen LogP contribution >= 0.6 is 0 Å². The number of hydrogen-bond acceptors (Lipinski definition) is 2. The molecule has 4 nitrogen and oxygen atoms in total. The largest absolute Gasteiger partial charge is 0.329 e. The third-order valence-electron chi connectivity index (χ3n) is 6.41. The normalized spacial score (nSPS) is 11.4. The van der Waals surface area contributed by atoms with Gasteiger partial charge in [-0.25, -0.2) is 13.6 Å². The molecule has 0 radical (unpaired) electrons. The zero-order valence-electron chi connectivity index (χ0n) is 19.1. The highest BCUT2D eigenvalue weighted by atomic mass is 19.1. The van der Waals surface area contributed by atoms with Crippen molar-refractivity contribution in [1.29, 1.82) is 0 Å². The Kier molecular flexibility index (Phi) is 6.53. The average Bonchev–Trinajstić information content (AvgIpc) is 3.15. The maximum atomic E-state index is 13.5. The molecular weight excluding hydrogens is 444 g/mol. The van der Waals surface area contributed by atoms with E-state index in [1.54, 1.807) is 41.2 Å². The predicted molar refractivity (Wildman–Crippen MR) is 133 cm³/mol. The average molecular weight is 470 g/mol. The Morgan fingerprint density at radius 3 is 1.91 bits per heavy atom. The maximum Gasteiger partial charge on any atom is 0.329 e. The predicted octanol–water partition coefficient (Wildman–Crippen LogP) is 6.14. The molecule has 0 aliphatic carbocycles. The molecule has 0 atom stereocenters. The van der Waals surface area contributed by atoms with Gasteiger partial charge in [0.25, 0.3) is 0 Å². The van der Waals surface area contributed by atoms with Crippen molar-refractivity contribution in [2.75, 3.05) is 0 Å². The van der Waals surface area contributed by atoms with Crippen LogP contribution in [0.2, 0.25) is 0 Å². The number of aromatic nitrogens is 3. The summed E-state index contributed by atoms with van der Waals surface area (Å²) >= 11 is 0. The van der Waals surface area contributed by atoms with Gasteiger partial charge in [-0.15, -0.1) is 0 Å². The minimum absolute atomic E-state index is 0.0318. The SMILES string of the molecule is O=c1n(CCCC(c2ccc(F)cc2)c2ccc(F)cc2)c2ccccc2n1Cc1cccnc1. The summed E-state index contributed by atoms with van der Waals surface area (Å²) in [6.07, 6.45) is 4.94. The fourth-order valence-electron chi connectivity index (χ4n) is 4.69. The Balaban J connectivity index is 1.42. The molecule has 2 heterocycles. The third kappa shape index (κ3) is 4.92. The van der Waals surface area contributed by atoms with Crippen molar-refractivity contribution in [3.63, 3.8) is 0 Å². The molecule has 0 bridgehead atoms. The highest BCUT2D eigenvalue weighted by Crippen LogP contribution is 2.30. The highest BCUT2D eigenvalue weighted by Gasteiger charge is 2.17. The first-order valence-corrected chi connectivity index (χ1v) is 11.7. The fraction of sp³-hybridized carbons (Fsp3) is 0.172. The van der Waals surface area contributed by atoms with Gasteiger partial charge in [0.15, 0.2) is 0 Å². The molecule has 176 valence electrons. The number of aryl methyl sites for hydroxylation is 1. The van der Waals surface area contributed by atoms with E-state index in [1.165, 1.54) is 24.3 Å². The molecule has 0 aliphatic heterocycles. The number of para-hydroxylation sites is 2. The lowest BCUT2D eigenvalue weighted by molar-refractivity contribution is 0.562. The summed E-state index contributed by atoms with van der Waals surface area (Å²) < 4.78 is 30.7. The van der Waals surface area contributed by atoms with E-state index in [9.17, 15) is 13.6 Å². The van der Waals surface area contributed by atoms with Crippen molar-refractivity contribution in [2.45, 2.75) is 31.8 Å². The summed E-state index contributed by atoms with van der Waals surface area (Å²) in [5, 5.41) is 0. The second-order valence-corrected chi connectivity index (χ2v) is 8.67. The van der Waals surface area contributed by atoms with E-state index in [4.69, 9.17) is 0 Å². The molecule has 0 aliphatic rings. The summed E-state index contributed by atoms with van der Waals surface area (Å²) in [5.74, 6) is -0.616. The molecule has 2 aromatic heterocycles. The Morgan fingerprint density at radius 1 is 0.743 bits per heavy atom. The lowest BCUT2D eigenvalue weighted by Gasteiger charge is -2.18. The van der Waals surface area contributed by atoms with Crippen LogP contribution in [0, 0.1) is 11.6 Å². The topological polar surface area (TPSA) is 39.8 Å². The van der Waals surface area contributed by atoms with Crippen LogP contribution in [-0.4, -0.2) is 14.1 Å². The number of halogens is 2. The monoisotopic (exact) mass is 469 g/mol. The molecule has 0 amide bonds. The standard InChI is InChI=1S/C29H25F2N3O/c30-24-13-9-22(10-14-24)26(23-11-15-25(31)16-12-23)6-4-18-33-27-7-1-2-8-28(27)34(29(33)35)20-21-5-3-17-32-19-21/h1-3,5,7-17,19,26H,4,6,18,20H2. The Bertz CT molecular complexity index is 1430. The van der Waals surface area contributed by atoms with Gasteiger partial charge in [0.1, 0.15) is 11.6 Å². The van der Waals surface area contributed by atoms with Crippen LogP contribution in [0.15, 0.2) is 102 Å². The van der Waals surface area contributed by atoms with E-state index in [0.717, 1.165) is 40.6 Å². The van der Waals surface area contributed by atoms with Crippen LogP contribution in [0.1, 0.15) is 35.4 Å². The van der Waals surface area contributed by atoms with E-state index in [0.29, 0.717) is 13.1 Å². The quantitative estimate of drug-likeness (QED) is 0.274. The first-order chi connectivity index (χ1) is 17.1. The Labute approximate surface area is 202 Å². The van der Waals surface area contributed by atoms with Crippen molar-refractivity contribution >= 4 is 11.0 Å². The maximum absolute atomic E-state index is 13.5. The van der Waals surface area contributed by atoms with Gasteiger partial charge < -0.3 is 0 Å². The number of nitrogens with zero attached hydrogens (tertiary/aromatic N) is 3. The number of imidazole rings is 1. The van der Waals surface area contributed by atoms with Crippen LogP contribution in [0.4, 0.5) is 8.78 Å². The zero-order valence-corrected chi connectivity index (χ0v) is 19.1. The van der Waals surface area contributed by atoms with Gasteiger partial charge in [0.05, 0.1) is 17.6 Å². The molecule has 3 aromatic carbocycles. The van der Waals surface area contributed by atoms with E-state index < -0.39 is 0 Å². The van der Waals surface area contributed by atoms with Gasteiger partial charge in [0.2, 0.25) is 0 Å². The van der Waals surface area contributed by atoms with E-state index in [-0.39, 0.29) is 23.2 Å². The number of fused-ring (bicyclic) bond motifs is 1. The molecule has 0 saturated carbocycles. The molecule has 0 saturated heterocycles. The van der Waals surface area contributed by atoms with E-state index >= 15 is 0 Å². The highest BCUT2D eigenvalue weighted by molar-refractivity contribution is 5.76. The zero-order chi connectivity index (χ0) is 24.2. The summed E-state index contributed by atoms with van der Waals surface area (Å²) in [5.41, 5.74) is 4.60. The van der Waals surface area contributed by atoms with Crippen molar-refractivity contribution < 1.29 is 8.78 Å². The lowest BCUT2D eigenvalue weighted by atomic mass is 9.87. The number of pyridine rings is 1. The van der Waals surface area contributed by atoms with Crippen molar-refractivity contribution in [3.05, 3.63) is 136 Å².